The van der Waals surface area contributed by atoms with Gasteiger partial charge in [0.05, 0.1) is 24.9 Å². The Balaban J connectivity index is 1.99. The number of aromatic nitrogens is 3. The van der Waals surface area contributed by atoms with Crippen LogP contribution in [0.5, 0.6) is 5.75 Å². The summed E-state index contributed by atoms with van der Waals surface area (Å²) in [5, 5.41) is 12.9. The van der Waals surface area contributed by atoms with Gasteiger partial charge in [-0.3, -0.25) is 9.88 Å². The second-order valence-corrected chi connectivity index (χ2v) is 6.80. The predicted molar refractivity (Wildman–Crippen MR) is 97.4 cm³/mol. The summed E-state index contributed by atoms with van der Waals surface area (Å²) in [4.78, 5) is 0. The topological polar surface area (TPSA) is 52.0 Å². The van der Waals surface area contributed by atoms with E-state index >= 15 is 0 Å². The fraction of sp³-hybridized carbons (Fsp3) is 0.263. The molecule has 128 valence electrons. The zero-order valence-corrected chi connectivity index (χ0v) is 15.1. The predicted octanol–water partition coefficient (Wildman–Crippen LogP) is 3.60. The number of nitrogens with one attached hydrogen (secondary N) is 1. The second kappa shape index (κ2) is 5.86. The van der Waals surface area contributed by atoms with Gasteiger partial charge in [-0.2, -0.15) is 0 Å². The lowest BCUT2D eigenvalue weighted by molar-refractivity contribution is 0.406. The molecule has 25 heavy (non-hydrogen) atoms. The zero-order chi connectivity index (χ0) is 17.6. The molecule has 1 N–H and O–H groups in total. The molecule has 0 saturated carbocycles. The number of aryl methyl sites for hydroxylation is 1. The van der Waals surface area contributed by atoms with Crippen LogP contribution in [0.1, 0.15) is 29.7 Å². The highest BCUT2D eigenvalue weighted by molar-refractivity contribution is 6.30. The molecule has 0 bridgehead atoms. The van der Waals surface area contributed by atoms with E-state index in [9.17, 15) is 0 Å². The number of rotatable bonds is 2. The standard InChI is InChI=1S/C19H19ClN4O/c1-12-22-23-18-11-21-19(2,13-4-6-14(20)7-5-13)16-10-15(25-3)8-9-17(16)24(12)18/h4-10,21H,11H2,1-3H3. The number of fused-ring (bicyclic) bond motifs is 3. The van der Waals surface area contributed by atoms with E-state index in [2.05, 4.69) is 51.3 Å². The molecule has 0 saturated heterocycles. The first-order valence-corrected chi connectivity index (χ1v) is 8.51. The van der Waals surface area contributed by atoms with Crippen molar-refractivity contribution in [3.63, 3.8) is 0 Å². The number of ether oxygens (including phenoxy) is 1. The van der Waals surface area contributed by atoms with Gasteiger partial charge >= 0.3 is 0 Å². The molecule has 3 aromatic rings. The van der Waals surface area contributed by atoms with Crippen LogP contribution in [0.25, 0.3) is 5.69 Å². The Bertz CT molecular complexity index is 935. The Hall–Kier alpha value is -2.37. The lowest BCUT2D eigenvalue weighted by Gasteiger charge is -2.32. The number of methoxy groups -OCH3 is 1. The highest BCUT2D eigenvalue weighted by Gasteiger charge is 2.35. The van der Waals surface area contributed by atoms with E-state index in [1.165, 1.54) is 0 Å². The van der Waals surface area contributed by atoms with E-state index in [-0.39, 0.29) is 0 Å². The van der Waals surface area contributed by atoms with Gasteiger partial charge in [0, 0.05) is 10.6 Å². The molecular formula is C19H19ClN4O. The molecule has 0 aliphatic carbocycles. The van der Waals surface area contributed by atoms with Crippen LogP contribution in [0.2, 0.25) is 5.02 Å². The lowest BCUT2D eigenvalue weighted by Crippen LogP contribution is -2.39. The number of hydrogen-bond donors (Lipinski definition) is 1. The summed E-state index contributed by atoms with van der Waals surface area (Å²) < 4.78 is 7.58. The minimum absolute atomic E-state index is 0.415. The minimum Gasteiger partial charge on any atom is -0.497 e. The average Bonchev–Trinajstić information content (AvgIpc) is 2.94. The van der Waals surface area contributed by atoms with Crippen molar-refractivity contribution in [1.82, 2.24) is 20.1 Å². The Kier molecular flexibility index (Phi) is 3.78. The first-order valence-electron chi connectivity index (χ1n) is 8.14. The van der Waals surface area contributed by atoms with E-state index in [0.29, 0.717) is 6.54 Å². The summed E-state index contributed by atoms with van der Waals surface area (Å²) in [5.41, 5.74) is 2.88. The highest BCUT2D eigenvalue weighted by Crippen LogP contribution is 2.38. The first-order chi connectivity index (χ1) is 12.0. The molecule has 2 aromatic carbocycles. The van der Waals surface area contributed by atoms with Crippen LogP contribution in [0.3, 0.4) is 0 Å². The average molecular weight is 355 g/mol. The number of benzene rings is 2. The van der Waals surface area contributed by atoms with Crippen LogP contribution in [0.15, 0.2) is 42.5 Å². The van der Waals surface area contributed by atoms with Crippen molar-refractivity contribution in [2.24, 2.45) is 0 Å². The third-order valence-corrected chi connectivity index (χ3v) is 5.15. The minimum atomic E-state index is -0.415. The van der Waals surface area contributed by atoms with Gasteiger partial charge in [-0.15, -0.1) is 10.2 Å². The van der Waals surface area contributed by atoms with E-state index in [1.807, 2.05) is 25.1 Å². The van der Waals surface area contributed by atoms with Crippen molar-refractivity contribution in [2.45, 2.75) is 25.9 Å². The van der Waals surface area contributed by atoms with Crippen molar-refractivity contribution in [3.8, 4) is 11.4 Å². The van der Waals surface area contributed by atoms with Crippen molar-refractivity contribution in [1.29, 1.82) is 0 Å². The smallest absolute Gasteiger partial charge is 0.151 e. The Morgan fingerprint density at radius 3 is 2.64 bits per heavy atom. The van der Waals surface area contributed by atoms with Gasteiger partial charge in [0.25, 0.3) is 0 Å². The molecule has 4 rings (SSSR count). The molecule has 1 atom stereocenters. The highest BCUT2D eigenvalue weighted by atomic mass is 35.5. The summed E-state index contributed by atoms with van der Waals surface area (Å²) >= 11 is 6.09. The molecule has 1 unspecified atom stereocenters. The van der Waals surface area contributed by atoms with Gasteiger partial charge in [-0.05, 0) is 49.7 Å². The Morgan fingerprint density at radius 1 is 1.16 bits per heavy atom. The SMILES string of the molecule is COc1ccc2c(c1)C(C)(c1ccc(Cl)cc1)NCc1nnc(C)n1-2. The van der Waals surface area contributed by atoms with Gasteiger partial charge in [-0.25, -0.2) is 0 Å². The molecule has 1 aliphatic rings. The largest absolute Gasteiger partial charge is 0.497 e. The summed E-state index contributed by atoms with van der Waals surface area (Å²) in [7, 11) is 1.68. The zero-order valence-electron chi connectivity index (χ0n) is 14.4. The summed E-state index contributed by atoms with van der Waals surface area (Å²) in [5.74, 6) is 2.57. The van der Waals surface area contributed by atoms with E-state index in [0.717, 1.165) is 39.2 Å². The fourth-order valence-electron chi connectivity index (χ4n) is 3.46. The van der Waals surface area contributed by atoms with E-state index < -0.39 is 5.54 Å². The number of halogens is 1. The van der Waals surface area contributed by atoms with Gasteiger partial charge in [0.2, 0.25) is 0 Å². The van der Waals surface area contributed by atoms with Gasteiger partial charge in [0.15, 0.2) is 5.82 Å². The monoisotopic (exact) mass is 354 g/mol. The maximum Gasteiger partial charge on any atom is 0.151 e. The summed E-state index contributed by atoms with van der Waals surface area (Å²) in [6, 6.07) is 14.0. The molecule has 0 fully saturated rings. The molecule has 0 radical (unpaired) electrons. The normalized spacial score (nSPS) is 19.0. The summed E-state index contributed by atoms with van der Waals surface area (Å²) in [6.45, 7) is 4.75. The van der Waals surface area contributed by atoms with Crippen LogP contribution < -0.4 is 10.1 Å². The van der Waals surface area contributed by atoms with Crippen LogP contribution in [-0.2, 0) is 12.1 Å². The van der Waals surface area contributed by atoms with Crippen molar-refractivity contribution in [3.05, 3.63) is 70.3 Å². The molecule has 0 spiro atoms. The van der Waals surface area contributed by atoms with Gasteiger partial charge in [0.1, 0.15) is 11.6 Å². The van der Waals surface area contributed by atoms with Crippen molar-refractivity contribution in [2.75, 3.05) is 7.11 Å². The lowest BCUT2D eigenvalue weighted by atomic mass is 9.83. The van der Waals surface area contributed by atoms with Crippen LogP contribution in [0, 0.1) is 6.92 Å². The molecule has 2 heterocycles. The first kappa shape index (κ1) is 16.1. The van der Waals surface area contributed by atoms with Gasteiger partial charge < -0.3 is 4.74 Å². The van der Waals surface area contributed by atoms with Crippen molar-refractivity contribution >= 4 is 11.6 Å². The Morgan fingerprint density at radius 2 is 1.92 bits per heavy atom. The van der Waals surface area contributed by atoms with Gasteiger partial charge in [-0.1, -0.05) is 23.7 Å². The van der Waals surface area contributed by atoms with Crippen LogP contribution >= 0.6 is 11.6 Å². The molecule has 5 nitrogen and oxygen atoms in total. The molecule has 1 aliphatic heterocycles. The van der Waals surface area contributed by atoms with E-state index in [1.54, 1.807) is 7.11 Å². The molecular weight excluding hydrogens is 336 g/mol. The number of hydrogen-bond acceptors (Lipinski definition) is 4. The maximum absolute atomic E-state index is 6.09. The van der Waals surface area contributed by atoms with Crippen molar-refractivity contribution < 1.29 is 4.74 Å². The third-order valence-electron chi connectivity index (χ3n) is 4.90. The maximum atomic E-state index is 6.09. The van der Waals surface area contributed by atoms with Crippen LogP contribution in [0.4, 0.5) is 0 Å². The second-order valence-electron chi connectivity index (χ2n) is 6.37. The quantitative estimate of drug-likeness (QED) is 0.764. The number of nitrogens with zero attached hydrogens (tertiary/aromatic N) is 3. The fourth-order valence-corrected chi connectivity index (χ4v) is 3.59. The molecule has 1 aromatic heterocycles. The van der Waals surface area contributed by atoms with Crippen LogP contribution in [-0.4, -0.2) is 21.9 Å². The molecule has 0 amide bonds. The summed E-state index contributed by atoms with van der Waals surface area (Å²) in [6.07, 6.45) is 0. The molecule has 6 heteroatoms. The third kappa shape index (κ3) is 2.51. The Labute approximate surface area is 151 Å². The van der Waals surface area contributed by atoms with E-state index in [4.69, 9.17) is 16.3 Å².